The quantitative estimate of drug-likeness (QED) is 0.771. The van der Waals surface area contributed by atoms with Crippen LogP contribution in [0.15, 0.2) is 61.1 Å². The lowest BCUT2D eigenvalue weighted by atomic mass is 10.1. The van der Waals surface area contributed by atoms with Gasteiger partial charge in [-0.15, -0.1) is 0 Å². The molecule has 3 heterocycles. The third kappa shape index (κ3) is 3.44. The maximum Gasteiger partial charge on any atom is 0.270 e. The summed E-state index contributed by atoms with van der Waals surface area (Å²) in [6, 6.07) is 13.6. The highest BCUT2D eigenvalue weighted by Crippen LogP contribution is 2.20. The van der Waals surface area contributed by atoms with Gasteiger partial charge in [-0.25, -0.2) is 4.68 Å². The van der Waals surface area contributed by atoms with Crippen molar-refractivity contribution in [2.45, 2.75) is 19.4 Å². The van der Waals surface area contributed by atoms with Gasteiger partial charge in [-0.1, -0.05) is 18.2 Å². The highest BCUT2D eigenvalue weighted by atomic mass is 16.1. The number of hydrogen-bond acceptors (Lipinski definition) is 4. The molecule has 1 fully saturated rings. The van der Waals surface area contributed by atoms with Gasteiger partial charge in [-0.3, -0.25) is 9.78 Å². The van der Waals surface area contributed by atoms with Crippen LogP contribution in [0.4, 0.5) is 5.69 Å². The number of carbonyl (C=O) groups excluding carboxylic acids is 1. The summed E-state index contributed by atoms with van der Waals surface area (Å²) < 4.78 is 1.80. The van der Waals surface area contributed by atoms with Crippen LogP contribution in [-0.2, 0) is 6.54 Å². The second-order valence-electron chi connectivity index (χ2n) is 6.36. The molecule has 0 unspecified atom stereocenters. The SMILES string of the molecule is O=C(NCc1ccccc1-n1cccn1)c1cc(N2CCCC2)ccn1. The number of benzene rings is 1. The van der Waals surface area contributed by atoms with Crippen molar-refractivity contribution >= 4 is 11.6 Å². The molecule has 1 N–H and O–H groups in total. The molecule has 132 valence electrons. The zero-order valence-corrected chi connectivity index (χ0v) is 14.5. The first-order chi connectivity index (χ1) is 12.8. The molecule has 1 amide bonds. The van der Waals surface area contributed by atoms with Crippen molar-refractivity contribution in [3.8, 4) is 5.69 Å². The van der Waals surface area contributed by atoms with Crippen molar-refractivity contribution in [2.24, 2.45) is 0 Å². The summed E-state index contributed by atoms with van der Waals surface area (Å²) in [7, 11) is 0. The monoisotopic (exact) mass is 347 g/mol. The number of anilines is 1. The van der Waals surface area contributed by atoms with Crippen LogP contribution in [0.25, 0.3) is 5.69 Å². The topological polar surface area (TPSA) is 63.1 Å². The van der Waals surface area contributed by atoms with Gasteiger partial charge in [0.1, 0.15) is 5.69 Å². The lowest BCUT2D eigenvalue weighted by Gasteiger charge is -2.17. The van der Waals surface area contributed by atoms with Crippen molar-refractivity contribution in [1.29, 1.82) is 0 Å². The molecule has 1 aliphatic rings. The largest absolute Gasteiger partial charge is 0.371 e. The Labute approximate surface area is 152 Å². The van der Waals surface area contributed by atoms with Crippen molar-refractivity contribution in [2.75, 3.05) is 18.0 Å². The van der Waals surface area contributed by atoms with E-state index in [2.05, 4.69) is 20.3 Å². The number of rotatable bonds is 5. The van der Waals surface area contributed by atoms with Gasteiger partial charge < -0.3 is 10.2 Å². The zero-order valence-electron chi connectivity index (χ0n) is 14.5. The van der Waals surface area contributed by atoms with E-state index >= 15 is 0 Å². The molecule has 0 spiro atoms. The normalized spacial score (nSPS) is 13.8. The van der Waals surface area contributed by atoms with Crippen LogP contribution in [0.5, 0.6) is 0 Å². The first-order valence-corrected chi connectivity index (χ1v) is 8.88. The number of nitrogens with one attached hydrogen (secondary N) is 1. The van der Waals surface area contributed by atoms with Gasteiger partial charge in [-0.05, 0) is 42.7 Å². The van der Waals surface area contributed by atoms with Crippen LogP contribution in [0, 0.1) is 0 Å². The molecular weight excluding hydrogens is 326 g/mol. The molecule has 0 aliphatic carbocycles. The summed E-state index contributed by atoms with van der Waals surface area (Å²) in [6.07, 6.45) is 7.74. The van der Waals surface area contributed by atoms with Gasteiger partial charge >= 0.3 is 0 Å². The van der Waals surface area contributed by atoms with Gasteiger partial charge in [0.15, 0.2) is 0 Å². The molecule has 6 heteroatoms. The van der Waals surface area contributed by atoms with E-state index in [1.54, 1.807) is 17.1 Å². The van der Waals surface area contributed by atoms with E-state index in [0.29, 0.717) is 12.2 Å². The standard InChI is InChI=1S/C20H21N5O/c26-20(18-14-17(8-10-21-18)24-11-3-4-12-24)22-15-16-6-1-2-7-19(16)25-13-5-9-23-25/h1-2,5-10,13-14H,3-4,11-12,15H2,(H,22,26). The van der Waals surface area contributed by atoms with Gasteiger partial charge in [0, 0.05) is 43.9 Å². The number of amides is 1. The molecule has 1 aliphatic heterocycles. The molecule has 6 nitrogen and oxygen atoms in total. The Balaban J connectivity index is 1.47. The molecule has 0 saturated carbocycles. The fraction of sp³-hybridized carbons (Fsp3) is 0.250. The van der Waals surface area contributed by atoms with E-state index in [9.17, 15) is 4.79 Å². The second-order valence-corrected chi connectivity index (χ2v) is 6.36. The highest BCUT2D eigenvalue weighted by Gasteiger charge is 2.15. The van der Waals surface area contributed by atoms with Gasteiger partial charge in [0.05, 0.1) is 5.69 Å². The van der Waals surface area contributed by atoms with Crippen molar-refractivity contribution in [1.82, 2.24) is 20.1 Å². The molecule has 0 atom stereocenters. The summed E-state index contributed by atoms with van der Waals surface area (Å²) in [5.41, 5.74) is 3.47. The Bertz CT molecular complexity index is 885. The van der Waals surface area contributed by atoms with Crippen molar-refractivity contribution < 1.29 is 4.79 Å². The Morgan fingerprint density at radius 2 is 1.92 bits per heavy atom. The molecule has 1 aromatic carbocycles. The number of pyridine rings is 1. The Morgan fingerprint density at radius 1 is 1.08 bits per heavy atom. The van der Waals surface area contributed by atoms with Crippen LogP contribution in [0.2, 0.25) is 0 Å². The van der Waals surface area contributed by atoms with Crippen molar-refractivity contribution in [3.05, 3.63) is 72.3 Å². The third-order valence-electron chi connectivity index (χ3n) is 4.63. The summed E-state index contributed by atoms with van der Waals surface area (Å²) >= 11 is 0. The number of carbonyl (C=O) groups is 1. The Morgan fingerprint density at radius 3 is 2.73 bits per heavy atom. The summed E-state index contributed by atoms with van der Waals surface area (Å²) in [5.74, 6) is -0.165. The van der Waals surface area contributed by atoms with E-state index in [1.807, 2.05) is 48.7 Å². The van der Waals surface area contributed by atoms with Crippen molar-refractivity contribution in [3.63, 3.8) is 0 Å². The van der Waals surface area contributed by atoms with E-state index in [-0.39, 0.29) is 5.91 Å². The lowest BCUT2D eigenvalue weighted by Crippen LogP contribution is -2.25. The van der Waals surface area contributed by atoms with Crippen LogP contribution < -0.4 is 10.2 Å². The van der Waals surface area contributed by atoms with Crippen LogP contribution >= 0.6 is 0 Å². The fourth-order valence-electron chi connectivity index (χ4n) is 3.28. The first-order valence-electron chi connectivity index (χ1n) is 8.88. The van der Waals surface area contributed by atoms with E-state index < -0.39 is 0 Å². The number of nitrogens with zero attached hydrogens (tertiary/aromatic N) is 4. The maximum atomic E-state index is 12.6. The molecule has 1 saturated heterocycles. The minimum Gasteiger partial charge on any atom is -0.371 e. The van der Waals surface area contributed by atoms with Gasteiger partial charge in [-0.2, -0.15) is 5.10 Å². The average Bonchev–Trinajstić information content (AvgIpc) is 3.40. The van der Waals surface area contributed by atoms with Gasteiger partial charge in [0.25, 0.3) is 5.91 Å². The molecule has 2 aromatic heterocycles. The van der Waals surface area contributed by atoms with E-state index in [1.165, 1.54) is 12.8 Å². The summed E-state index contributed by atoms with van der Waals surface area (Å²) in [5, 5.41) is 7.25. The molecular formula is C20H21N5O. The Kier molecular flexibility index (Phi) is 4.64. The molecule has 4 rings (SSSR count). The maximum absolute atomic E-state index is 12.6. The van der Waals surface area contributed by atoms with Gasteiger partial charge in [0.2, 0.25) is 0 Å². The van der Waals surface area contributed by atoms with Crippen LogP contribution in [0.1, 0.15) is 28.9 Å². The molecule has 0 bridgehead atoms. The third-order valence-corrected chi connectivity index (χ3v) is 4.63. The number of hydrogen-bond donors (Lipinski definition) is 1. The molecule has 26 heavy (non-hydrogen) atoms. The lowest BCUT2D eigenvalue weighted by molar-refractivity contribution is 0.0946. The summed E-state index contributed by atoms with van der Waals surface area (Å²) in [4.78, 5) is 19.1. The molecule has 3 aromatic rings. The Hall–Kier alpha value is -3.15. The zero-order chi connectivity index (χ0) is 17.8. The van der Waals surface area contributed by atoms with Crippen LogP contribution in [-0.4, -0.2) is 33.8 Å². The van der Waals surface area contributed by atoms with E-state index in [0.717, 1.165) is 30.0 Å². The highest BCUT2D eigenvalue weighted by molar-refractivity contribution is 5.93. The number of para-hydroxylation sites is 1. The predicted octanol–water partition coefficient (Wildman–Crippen LogP) is 2.80. The van der Waals surface area contributed by atoms with E-state index in [4.69, 9.17) is 0 Å². The fourth-order valence-corrected chi connectivity index (χ4v) is 3.28. The minimum absolute atomic E-state index is 0.165. The van der Waals surface area contributed by atoms with Crippen LogP contribution in [0.3, 0.4) is 0 Å². The molecule has 0 radical (unpaired) electrons. The minimum atomic E-state index is -0.165. The second kappa shape index (κ2) is 7.39. The smallest absolute Gasteiger partial charge is 0.270 e. The average molecular weight is 347 g/mol. The number of aromatic nitrogens is 3. The first kappa shape index (κ1) is 16.3. The predicted molar refractivity (Wildman–Crippen MR) is 100 cm³/mol. The summed E-state index contributed by atoms with van der Waals surface area (Å²) in [6.45, 7) is 2.51.